The third-order valence-electron chi connectivity index (χ3n) is 5.38. The molecule has 3 rings (SSSR count). The van der Waals surface area contributed by atoms with E-state index < -0.39 is 0 Å². The zero-order chi connectivity index (χ0) is 19.6. The summed E-state index contributed by atoms with van der Waals surface area (Å²) in [5.74, 6) is 0.978. The lowest BCUT2D eigenvalue weighted by molar-refractivity contribution is 0.789. The first kappa shape index (κ1) is 19.2. The van der Waals surface area contributed by atoms with E-state index in [0.717, 1.165) is 0 Å². The molecule has 0 spiro atoms. The van der Waals surface area contributed by atoms with Crippen molar-refractivity contribution in [3.8, 4) is 0 Å². The summed E-state index contributed by atoms with van der Waals surface area (Å²) in [6.07, 6.45) is 16.0. The number of allylic oxidation sites excluding steroid dienone is 11. The number of hydrogen-bond acceptors (Lipinski definition) is 1. The smallest absolute Gasteiger partial charge is 0.0361 e. The molecule has 1 aromatic carbocycles. The Morgan fingerprint density at radius 1 is 1.04 bits per heavy atom. The van der Waals surface area contributed by atoms with E-state index in [4.69, 9.17) is 0 Å². The molecule has 0 aromatic heterocycles. The summed E-state index contributed by atoms with van der Waals surface area (Å²) >= 11 is 0. The van der Waals surface area contributed by atoms with Gasteiger partial charge >= 0.3 is 0 Å². The normalized spacial score (nSPS) is 21.0. The second kappa shape index (κ2) is 8.00. The molecule has 1 heteroatoms. The van der Waals surface area contributed by atoms with Gasteiger partial charge in [-0.05, 0) is 58.4 Å². The van der Waals surface area contributed by atoms with Crippen molar-refractivity contribution in [2.24, 2.45) is 11.8 Å². The van der Waals surface area contributed by atoms with Crippen molar-refractivity contribution in [3.63, 3.8) is 0 Å². The van der Waals surface area contributed by atoms with Crippen LogP contribution in [0.1, 0.15) is 33.3 Å². The van der Waals surface area contributed by atoms with E-state index in [2.05, 4.69) is 113 Å². The van der Waals surface area contributed by atoms with Crippen LogP contribution in [0.2, 0.25) is 0 Å². The van der Waals surface area contributed by atoms with Gasteiger partial charge in [0, 0.05) is 25.7 Å². The van der Waals surface area contributed by atoms with Gasteiger partial charge in [0.15, 0.2) is 0 Å². The van der Waals surface area contributed by atoms with E-state index >= 15 is 0 Å². The molecule has 0 radical (unpaired) electrons. The van der Waals surface area contributed by atoms with Crippen LogP contribution in [0.15, 0.2) is 88.6 Å². The Balaban J connectivity index is 1.88. The van der Waals surface area contributed by atoms with Crippen LogP contribution < -0.4 is 4.90 Å². The molecular weight excluding hydrogens is 326 g/mol. The van der Waals surface area contributed by atoms with Gasteiger partial charge in [0.25, 0.3) is 0 Å². The van der Waals surface area contributed by atoms with E-state index in [1.807, 2.05) is 0 Å². The third-order valence-corrected chi connectivity index (χ3v) is 5.38. The zero-order valence-electron chi connectivity index (χ0n) is 17.5. The fourth-order valence-corrected chi connectivity index (χ4v) is 3.67. The van der Waals surface area contributed by atoms with Crippen LogP contribution in [0.25, 0.3) is 6.08 Å². The quantitative estimate of drug-likeness (QED) is 0.577. The molecule has 27 heavy (non-hydrogen) atoms. The predicted molar refractivity (Wildman–Crippen MR) is 120 cm³/mol. The molecule has 0 bridgehead atoms. The van der Waals surface area contributed by atoms with Crippen molar-refractivity contribution >= 4 is 11.8 Å². The molecule has 1 nitrogen and oxygen atoms in total. The van der Waals surface area contributed by atoms with E-state index in [0.29, 0.717) is 11.8 Å². The highest BCUT2D eigenvalue weighted by molar-refractivity contribution is 5.66. The summed E-state index contributed by atoms with van der Waals surface area (Å²) in [4.78, 5) is 2.12. The first-order valence-corrected chi connectivity index (χ1v) is 9.85. The Kier molecular flexibility index (Phi) is 5.70. The summed E-state index contributed by atoms with van der Waals surface area (Å²) in [7, 11) is 4.13. The molecule has 140 valence electrons. The predicted octanol–water partition coefficient (Wildman–Crippen LogP) is 6.74. The molecule has 2 aliphatic carbocycles. The standard InChI is InChI=1S/C26H31N/c1-18(2)22-13-10-19(3)26-23(16-20(4)25(26)17-22)9-7-8-21-11-14-24(15-12-21)27(5)6/h7-19H,1-6H3/b8-7+,23-9+. The van der Waals surface area contributed by atoms with Crippen LogP contribution in [0.4, 0.5) is 5.69 Å². The molecular formula is C26H31N. The van der Waals surface area contributed by atoms with Crippen molar-refractivity contribution < 1.29 is 0 Å². The molecule has 1 unspecified atom stereocenters. The molecule has 0 fully saturated rings. The van der Waals surface area contributed by atoms with Gasteiger partial charge in [0.05, 0.1) is 0 Å². The summed E-state index contributed by atoms with van der Waals surface area (Å²) in [5.41, 5.74) is 9.42. The SMILES string of the molecule is CC1=C/C(=C\C=C\c2ccc(N(C)C)cc2)C2=C1C=C(C(C)C)C=CC2C. The van der Waals surface area contributed by atoms with Gasteiger partial charge in [-0.3, -0.25) is 0 Å². The molecule has 2 aliphatic rings. The van der Waals surface area contributed by atoms with Crippen molar-refractivity contribution in [1.82, 2.24) is 0 Å². The summed E-state index contributed by atoms with van der Waals surface area (Å²) in [6.45, 7) is 9.06. The molecule has 0 heterocycles. The second-order valence-electron chi connectivity index (χ2n) is 8.07. The summed E-state index contributed by atoms with van der Waals surface area (Å²) < 4.78 is 0. The molecule has 1 aromatic rings. The van der Waals surface area contributed by atoms with Gasteiger partial charge in [-0.15, -0.1) is 0 Å². The number of benzene rings is 1. The molecule has 0 saturated heterocycles. The van der Waals surface area contributed by atoms with Crippen LogP contribution in [0.5, 0.6) is 0 Å². The minimum absolute atomic E-state index is 0.431. The second-order valence-corrected chi connectivity index (χ2v) is 8.07. The monoisotopic (exact) mass is 357 g/mol. The van der Waals surface area contributed by atoms with Crippen LogP contribution >= 0.6 is 0 Å². The van der Waals surface area contributed by atoms with Crippen molar-refractivity contribution in [1.29, 1.82) is 0 Å². The lowest BCUT2D eigenvalue weighted by Gasteiger charge is -2.12. The summed E-state index contributed by atoms with van der Waals surface area (Å²) in [5, 5.41) is 0. The largest absolute Gasteiger partial charge is 0.378 e. The van der Waals surface area contributed by atoms with Gasteiger partial charge < -0.3 is 4.90 Å². The van der Waals surface area contributed by atoms with E-state index in [1.54, 1.807) is 0 Å². The van der Waals surface area contributed by atoms with Crippen molar-refractivity contribution in [3.05, 3.63) is 94.2 Å². The maximum absolute atomic E-state index is 2.39. The zero-order valence-corrected chi connectivity index (χ0v) is 17.5. The molecule has 0 N–H and O–H groups in total. The van der Waals surface area contributed by atoms with Gasteiger partial charge in [-0.1, -0.05) is 75.4 Å². The van der Waals surface area contributed by atoms with Crippen LogP contribution in [-0.4, -0.2) is 14.1 Å². The van der Waals surface area contributed by atoms with Crippen LogP contribution in [0.3, 0.4) is 0 Å². The summed E-state index contributed by atoms with van der Waals surface area (Å²) in [6, 6.07) is 8.64. The lowest BCUT2D eigenvalue weighted by atomic mass is 9.93. The van der Waals surface area contributed by atoms with E-state index in [-0.39, 0.29) is 0 Å². The minimum Gasteiger partial charge on any atom is -0.378 e. The average molecular weight is 358 g/mol. The maximum atomic E-state index is 2.39. The first-order chi connectivity index (χ1) is 12.9. The van der Waals surface area contributed by atoms with Gasteiger partial charge in [-0.2, -0.15) is 0 Å². The van der Waals surface area contributed by atoms with E-state index in [1.165, 1.54) is 39.1 Å². The number of rotatable bonds is 4. The van der Waals surface area contributed by atoms with Gasteiger partial charge in [-0.25, -0.2) is 0 Å². The number of anilines is 1. The Hall–Kier alpha value is -2.54. The molecule has 1 atom stereocenters. The van der Waals surface area contributed by atoms with E-state index in [9.17, 15) is 0 Å². The van der Waals surface area contributed by atoms with Crippen molar-refractivity contribution in [2.75, 3.05) is 19.0 Å². The third kappa shape index (κ3) is 4.24. The molecule has 0 saturated carbocycles. The van der Waals surface area contributed by atoms with Crippen molar-refractivity contribution in [2.45, 2.75) is 27.7 Å². The fraction of sp³-hybridized carbons (Fsp3) is 0.308. The molecule has 0 aliphatic heterocycles. The van der Waals surface area contributed by atoms with Gasteiger partial charge in [0.2, 0.25) is 0 Å². The highest BCUT2D eigenvalue weighted by Gasteiger charge is 2.23. The minimum atomic E-state index is 0.431. The Morgan fingerprint density at radius 3 is 2.37 bits per heavy atom. The Labute approximate surface area is 164 Å². The Morgan fingerprint density at radius 2 is 1.74 bits per heavy atom. The molecule has 0 amide bonds. The van der Waals surface area contributed by atoms with Crippen LogP contribution in [-0.2, 0) is 0 Å². The fourth-order valence-electron chi connectivity index (χ4n) is 3.67. The highest BCUT2D eigenvalue weighted by Crippen LogP contribution is 2.39. The Bertz CT molecular complexity index is 881. The van der Waals surface area contributed by atoms with Gasteiger partial charge in [0.1, 0.15) is 0 Å². The number of hydrogen-bond donors (Lipinski definition) is 0. The van der Waals surface area contributed by atoms with Crippen LogP contribution in [0, 0.1) is 11.8 Å². The number of nitrogens with zero attached hydrogens (tertiary/aromatic N) is 1. The average Bonchev–Trinajstić information content (AvgIpc) is 2.82. The lowest BCUT2D eigenvalue weighted by Crippen LogP contribution is -2.07. The maximum Gasteiger partial charge on any atom is 0.0361 e. The highest BCUT2D eigenvalue weighted by atomic mass is 15.1. The topological polar surface area (TPSA) is 3.24 Å². The first-order valence-electron chi connectivity index (χ1n) is 9.85.